The van der Waals surface area contributed by atoms with Gasteiger partial charge in [-0.25, -0.2) is 4.79 Å². The van der Waals surface area contributed by atoms with E-state index in [9.17, 15) is 9.90 Å². The summed E-state index contributed by atoms with van der Waals surface area (Å²) in [5.41, 5.74) is 7.81. The van der Waals surface area contributed by atoms with E-state index in [0.29, 0.717) is 54.3 Å². The Kier molecular flexibility index (Phi) is 11.7. The van der Waals surface area contributed by atoms with Crippen molar-refractivity contribution in [2.45, 2.75) is 32.6 Å². The van der Waals surface area contributed by atoms with E-state index in [-0.39, 0.29) is 5.92 Å². The van der Waals surface area contributed by atoms with Crippen LogP contribution in [0.4, 0.5) is 4.79 Å². The lowest BCUT2D eigenvalue weighted by Crippen LogP contribution is -2.28. The molecule has 0 aliphatic carbocycles. The first-order chi connectivity index (χ1) is 20.7. The maximum absolute atomic E-state index is 11.4. The number of hydrogen-bond acceptors (Lipinski definition) is 4. The van der Waals surface area contributed by atoms with Crippen LogP contribution in [0, 0.1) is 13.8 Å². The molecule has 0 aromatic heterocycles. The van der Waals surface area contributed by atoms with E-state index in [1.54, 1.807) is 19.2 Å². The van der Waals surface area contributed by atoms with Crippen LogP contribution in [0.5, 0.6) is 11.5 Å². The highest BCUT2D eigenvalue weighted by atomic mass is 35.5. The first-order valence-corrected chi connectivity index (χ1v) is 15.0. The predicted octanol–water partition coefficient (Wildman–Crippen LogP) is 8.52. The smallest absolute Gasteiger partial charge is 0.404 e. The Morgan fingerprint density at radius 1 is 0.884 bits per heavy atom. The van der Waals surface area contributed by atoms with Gasteiger partial charge >= 0.3 is 6.09 Å². The lowest BCUT2D eigenvalue weighted by molar-refractivity contribution is 0.193. The number of halogens is 2. The van der Waals surface area contributed by atoms with Gasteiger partial charge in [0.25, 0.3) is 0 Å². The van der Waals surface area contributed by atoms with Crippen molar-refractivity contribution in [3.05, 3.63) is 117 Å². The third kappa shape index (κ3) is 9.14. The summed E-state index contributed by atoms with van der Waals surface area (Å²) in [6, 6.07) is 26.2. The van der Waals surface area contributed by atoms with Crippen LogP contribution in [-0.2, 0) is 17.6 Å². The van der Waals surface area contributed by atoms with Crippen LogP contribution in [0.2, 0.25) is 10.0 Å². The van der Waals surface area contributed by atoms with E-state index in [4.69, 9.17) is 37.4 Å². The fourth-order valence-corrected chi connectivity index (χ4v) is 5.88. The Labute approximate surface area is 263 Å². The average Bonchev–Trinajstić information content (AvgIpc) is 2.98. The Hall–Kier alpha value is -3.71. The molecule has 4 aromatic carbocycles. The molecule has 2 N–H and O–H groups in total. The number of benzene rings is 4. The number of methoxy groups -OCH3 is 1. The third-order valence-corrected chi connectivity index (χ3v) is 7.82. The summed E-state index contributed by atoms with van der Waals surface area (Å²) in [6.45, 7) is 5.58. The van der Waals surface area contributed by atoms with Crippen molar-refractivity contribution in [2.24, 2.45) is 0 Å². The molecule has 1 amide bonds. The van der Waals surface area contributed by atoms with E-state index in [2.05, 4.69) is 42.6 Å². The summed E-state index contributed by atoms with van der Waals surface area (Å²) in [4.78, 5) is 11.4. The van der Waals surface area contributed by atoms with Gasteiger partial charge in [0.1, 0.15) is 19.0 Å². The fraction of sp³-hybridized carbons (Fsp3) is 0.286. The number of rotatable bonds is 14. The quantitative estimate of drug-likeness (QED) is 0.138. The van der Waals surface area contributed by atoms with Crippen LogP contribution >= 0.6 is 23.2 Å². The highest BCUT2D eigenvalue weighted by Gasteiger charge is 2.17. The van der Waals surface area contributed by atoms with Gasteiger partial charge in [0.15, 0.2) is 5.75 Å². The molecular weight excluding hydrogens is 585 g/mol. The topological polar surface area (TPSA) is 77.0 Å². The number of nitrogens with one attached hydrogen (secondary N) is 1. The second-order valence-electron chi connectivity index (χ2n) is 10.5. The van der Waals surface area contributed by atoms with Crippen LogP contribution in [0.3, 0.4) is 0 Å². The summed E-state index contributed by atoms with van der Waals surface area (Å²) in [7, 11) is 1.71. The van der Waals surface area contributed by atoms with Gasteiger partial charge in [-0.3, -0.25) is 0 Å². The molecule has 0 bridgehead atoms. The number of aryl methyl sites for hydroxylation is 2. The number of hydrogen-bond donors (Lipinski definition) is 2. The van der Waals surface area contributed by atoms with Gasteiger partial charge in [0, 0.05) is 19.6 Å². The number of ether oxygens (including phenoxy) is 3. The predicted molar refractivity (Wildman–Crippen MR) is 173 cm³/mol. The number of amides is 1. The van der Waals surface area contributed by atoms with Crippen LogP contribution < -0.4 is 14.8 Å². The molecule has 226 valence electrons. The molecule has 0 aliphatic rings. The first kappa shape index (κ1) is 32.2. The normalized spacial score (nSPS) is 11.7. The first-order valence-electron chi connectivity index (χ1n) is 14.2. The molecule has 8 heteroatoms. The molecular formula is C35H37Cl2NO5. The third-order valence-electron chi connectivity index (χ3n) is 7.26. The summed E-state index contributed by atoms with van der Waals surface area (Å²) in [5, 5.41) is 12.9. The largest absolute Gasteiger partial charge is 0.490 e. The van der Waals surface area contributed by atoms with Gasteiger partial charge in [-0.15, -0.1) is 0 Å². The molecule has 43 heavy (non-hydrogen) atoms. The number of carbonyl (C=O) groups is 1. The lowest BCUT2D eigenvalue weighted by Gasteiger charge is -2.21. The van der Waals surface area contributed by atoms with Crippen molar-refractivity contribution in [3.8, 4) is 22.6 Å². The van der Waals surface area contributed by atoms with Gasteiger partial charge in [-0.05, 0) is 89.9 Å². The monoisotopic (exact) mass is 621 g/mol. The summed E-state index contributed by atoms with van der Waals surface area (Å²) in [6.07, 6.45) is 0.463. The van der Waals surface area contributed by atoms with E-state index in [1.807, 2.05) is 43.3 Å². The average molecular weight is 623 g/mol. The van der Waals surface area contributed by atoms with Crippen LogP contribution in [-0.4, -0.2) is 44.7 Å². The molecule has 0 spiro atoms. The Morgan fingerprint density at radius 2 is 1.58 bits per heavy atom. The minimum absolute atomic E-state index is 0.0435. The molecule has 0 heterocycles. The molecule has 4 aromatic rings. The molecule has 0 fully saturated rings. The second kappa shape index (κ2) is 15.7. The van der Waals surface area contributed by atoms with Gasteiger partial charge in [0.05, 0.1) is 16.7 Å². The zero-order chi connectivity index (χ0) is 30.8. The van der Waals surface area contributed by atoms with Crippen molar-refractivity contribution in [2.75, 3.05) is 33.5 Å². The molecule has 0 aliphatic heterocycles. The van der Waals surface area contributed by atoms with Gasteiger partial charge in [0.2, 0.25) is 0 Å². The van der Waals surface area contributed by atoms with Gasteiger partial charge in [-0.2, -0.15) is 0 Å². The van der Waals surface area contributed by atoms with Crippen molar-refractivity contribution >= 4 is 29.3 Å². The summed E-state index contributed by atoms with van der Waals surface area (Å²) < 4.78 is 16.9. The molecule has 0 radical (unpaired) electrons. The molecule has 0 saturated carbocycles. The standard InChI is InChI=1S/C35H37Cl2NO5/c1-23-18-32(36)34(33(37)19-23)43-17-16-42-29-11-8-25(9-12-29)21-28(22-38-35(39)40)30-13-10-27(20-24(30)2)31-7-5-4-6-26(31)14-15-41-3/h4-13,18-20,28,38H,14-17,21-22H2,1-3H3,(H,39,40). The van der Waals surface area contributed by atoms with Crippen LogP contribution in [0.25, 0.3) is 11.1 Å². The zero-order valence-corrected chi connectivity index (χ0v) is 26.2. The molecule has 6 nitrogen and oxygen atoms in total. The number of carboxylic acid groups (broad SMARTS) is 1. The minimum Gasteiger partial charge on any atom is -0.490 e. The maximum atomic E-state index is 11.4. The summed E-state index contributed by atoms with van der Waals surface area (Å²) >= 11 is 12.5. The van der Waals surface area contributed by atoms with Crippen LogP contribution in [0.1, 0.15) is 33.7 Å². The highest BCUT2D eigenvalue weighted by molar-refractivity contribution is 6.37. The Balaban J connectivity index is 1.42. The van der Waals surface area contributed by atoms with Crippen LogP contribution in [0.15, 0.2) is 78.9 Å². The molecule has 4 rings (SSSR count). The Morgan fingerprint density at radius 3 is 2.26 bits per heavy atom. The zero-order valence-electron chi connectivity index (χ0n) is 24.7. The lowest BCUT2D eigenvalue weighted by atomic mass is 9.86. The van der Waals surface area contributed by atoms with Crippen molar-refractivity contribution in [3.63, 3.8) is 0 Å². The van der Waals surface area contributed by atoms with Gasteiger partial charge in [-0.1, -0.05) is 77.8 Å². The highest BCUT2D eigenvalue weighted by Crippen LogP contribution is 2.34. The van der Waals surface area contributed by atoms with Crippen molar-refractivity contribution in [1.82, 2.24) is 5.32 Å². The van der Waals surface area contributed by atoms with E-state index in [1.165, 1.54) is 11.1 Å². The van der Waals surface area contributed by atoms with E-state index in [0.717, 1.165) is 34.2 Å². The van der Waals surface area contributed by atoms with Crippen molar-refractivity contribution < 1.29 is 24.1 Å². The summed E-state index contributed by atoms with van der Waals surface area (Å²) in [5.74, 6) is 1.12. The fourth-order valence-electron chi connectivity index (χ4n) is 5.17. The van der Waals surface area contributed by atoms with Crippen molar-refractivity contribution in [1.29, 1.82) is 0 Å². The SMILES string of the molecule is COCCc1ccccc1-c1ccc(C(CNC(=O)O)Cc2ccc(OCCOc3c(Cl)cc(C)cc3Cl)cc2)c(C)c1. The van der Waals surface area contributed by atoms with E-state index < -0.39 is 6.09 Å². The molecule has 1 atom stereocenters. The Bertz CT molecular complexity index is 1500. The maximum Gasteiger partial charge on any atom is 0.404 e. The minimum atomic E-state index is -1.04. The molecule has 0 saturated heterocycles. The second-order valence-corrected chi connectivity index (χ2v) is 11.3. The molecule has 1 unspecified atom stereocenters. The van der Waals surface area contributed by atoms with Gasteiger partial charge < -0.3 is 24.6 Å². The van der Waals surface area contributed by atoms with E-state index >= 15 is 0 Å².